The van der Waals surface area contributed by atoms with Gasteiger partial charge in [-0.05, 0) is 254 Å². The molecule has 3 aliphatic carbocycles. The summed E-state index contributed by atoms with van der Waals surface area (Å²) in [6.45, 7) is 30.4. The molecule has 6 unspecified atom stereocenters. The number of anilines is 6. The summed E-state index contributed by atoms with van der Waals surface area (Å²) < 4.78 is 0. The molecule has 3 heteroatoms. The van der Waals surface area contributed by atoms with E-state index in [1.807, 2.05) is 0 Å². The Morgan fingerprint density at radius 3 is 0.795 bits per heavy atom. The Kier molecular flexibility index (Phi) is 10.8. The zero-order valence-corrected chi connectivity index (χ0v) is 53.8. The van der Waals surface area contributed by atoms with Crippen LogP contribution in [0.2, 0.25) is 0 Å². The summed E-state index contributed by atoms with van der Waals surface area (Å²) in [5.74, 6) is 0. The largest absolute Gasteiger partial charge is 0.334 e. The number of hydrogen-bond acceptors (Lipinski definition) is 3. The molecule has 11 aromatic carbocycles. The highest BCUT2D eigenvalue weighted by atomic mass is 15.3. The van der Waals surface area contributed by atoms with E-state index in [9.17, 15) is 0 Å². The lowest BCUT2D eigenvalue weighted by Gasteiger charge is -2.42. The minimum Gasteiger partial charge on any atom is -0.334 e. The Bertz CT molecular complexity index is 4560. The molecule has 0 bridgehead atoms. The molecule has 0 amide bonds. The summed E-state index contributed by atoms with van der Waals surface area (Å²) in [4.78, 5) is 8.15. The first-order valence-corrected chi connectivity index (χ1v) is 32.8. The molecule has 0 aromatic heterocycles. The van der Waals surface area contributed by atoms with Crippen LogP contribution in [0.1, 0.15) is 138 Å². The second-order valence-corrected chi connectivity index (χ2v) is 32.0. The molecular weight excluding hydrogens is 1060 g/mol. The number of hydrogen-bond donors (Lipinski definition) is 0. The Morgan fingerprint density at radius 2 is 0.511 bits per heavy atom. The van der Waals surface area contributed by atoms with Gasteiger partial charge in [-0.3, -0.25) is 0 Å². The van der Waals surface area contributed by atoms with Gasteiger partial charge >= 0.3 is 0 Å². The van der Waals surface area contributed by atoms with Crippen molar-refractivity contribution in [3.63, 3.8) is 0 Å². The van der Waals surface area contributed by atoms with Crippen molar-refractivity contribution in [2.45, 2.75) is 154 Å². The summed E-state index contributed by atoms with van der Waals surface area (Å²) in [6, 6.07) is 82.8. The van der Waals surface area contributed by atoms with Crippen LogP contribution < -0.4 is 14.7 Å². The van der Waals surface area contributed by atoms with Crippen LogP contribution in [0.5, 0.6) is 0 Å². The maximum Gasteiger partial charge on any atom is 0.0523 e. The van der Waals surface area contributed by atoms with E-state index in [1.54, 1.807) is 0 Å². The monoisotopic (exact) mass is 1150 g/mol. The van der Waals surface area contributed by atoms with Crippen molar-refractivity contribution in [1.82, 2.24) is 0 Å². The van der Waals surface area contributed by atoms with Gasteiger partial charge in [-0.2, -0.15) is 0 Å². The third-order valence-electron chi connectivity index (χ3n) is 24.5. The Balaban J connectivity index is 0.947. The van der Waals surface area contributed by atoms with E-state index < -0.39 is 0 Å². The fraction of sp³-hybridized carbons (Fsp3) is 0.318. The van der Waals surface area contributed by atoms with Gasteiger partial charge in [0.2, 0.25) is 0 Å². The predicted molar refractivity (Wildman–Crippen MR) is 374 cm³/mol. The van der Waals surface area contributed by atoms with E-state index in [1.165, 1.54) is 128 Å². The molecule has 3 saturated carbocycles. The molecule has 3 heterocycles. The molecule has 11 aromatic rings. The van der Waals surface area contributed by atoms with Gasteiger partial charge in [0.05, 0.1) is 16.6 Å². The molecule has 6 atom stereocenters. The highest BCUT2D eigenvalue weighted by Gasteiger charge is 2.67. The lowest BCUT2D eigenvalue weighted by Crippen LogP contribution is -2.49. The van der Waals surface area contributed by atoms with Crippen LogP contribution in [0, 0.1) is 16.2 Å². The number of benzene rings is 11. The molecule has 0 saturated heterocycles. The molecule has 17 rings (SSSR count). The number of para-hydroxylation sites is 3. The highest BCUT2D eigenvalue weighted by molar-refractivity contribution is 6.32. The van der Waals surface area contributed by atoms with Gasteiger partial charge in [0.25, 0.3) is 0 Å². The summed E-state index contributed by atoms with van der Waals surface area (Å²) in [7, 11) is 0. The summed E-state index contributed by atoms with van der Waals surface area (Å²) >= 11 is 0. The fourth-order valence-electron chi connectivity index (χ4n) is 21.5. The van der Waals surface area contributed by atoms with Crippen molar-refractivity contribution in [3.05, 3.63) is 229 Å². The molecule has 0 radical (unpaired) electrons. The van der Waals surface area contributed by atoms with Gasteiger partial charge in [0.15, 0.2) is 0 Å². The molecule has 0 spiro atoms. The van der Waals surface area contributed by atoms with E-state index >= 15 is 0 Å². The standard InChI is InChI=1S/C85H83N3/c1-77(2)48-80(7)69-43-55(33-40-72(69)86(83(80,10)51-77)58-27-19-14-20-28-58)66-46-65(54-25-17-13-18-26-54)61-36-37-63-67(56-34-41-73-70(44-56)81(8)49-78(3,4)52-84(81,11)87(73)59-29-21-15-22-30-59)47-68(64-39-38-62(66)75(61)76(63)64)57-35-42-74-71(45-57)82(9)50-79(5,6)53-85(82,12)88(74)60-31-23-16-24-32-60/h13-47H,48-53H2,1-12H3. The lowest BCUT2D eigenvalue weighted by molar-refractivity contribution is 0.330. The van der Waals surface area contributed by atoms with Crippen molar-refractivity contribution in [3.8, 4) is 44.5 Å². The summed E-state index contributed by atoms with van der Waals surface area (Å²) in [5.41, 5.74) is 22.6. The van der Waals surface area contributed by atoms with Crippen molar-refractivity contribution in [1.29, 1.82) is 0 Å². The first-order valence-electron chi connectivity index (χ1n) is 32.8. The smallest absolute Gasteiger partial charge is 0.0523 e. The quantitative estimate of drug-likeness (QED) is 0.147. The van der Waals surface area contributed by atoms with Gasteiger partial charge in [-0.25, -0.2) is 0 Å². The van der Waals surface area contributed by atoms with Gasteiger partial charge in [-0.15, -0.1) is 0 Å². The van der Waals surface area contributed by atoms with E-state index in [4.69, 9.17) is 0 Å². The molecule has 6 aliphatic rings. The highest BCUT2D eigenvalue weighted by Crippen LogP contribution is 2.70. The van der Waals surface area contributed by atoms with Crippen molar-refractivity contribution < 1.29 is 0 Å². The second kappa shape index (κ2) is 17.6. The summed E-state index contributed by atoms with van der Waals surface area (Å²) in [5, 5.41) is 7.92. The van der Waals surface area contributed by atoms with Crippen molar-refractivity contribution >= 4 is 66.4 Å². The minimum absolute atomic E-state index is 0.0684. The molecular formula is C85H83N3. The zero-order chi connectivity index (χ0) is 60.5. The van der Waals surface area contributed by atoms with Gasteiger partial charge < -0.3 is 14.7 Å². The maximum atomic E-state index is 2.72. The fourth-order valence-corrected chi connectivity index (χ4v) is 21.5. The lowest BCUT2D eigenvalue weighted by atomic mass is 9.71. The number of fused-ring (bicyclic) bond motifs is 9. The third kappa shape index (κ3) is 7.03. The SMILES string of the molecule is CC1(C)CC2(C)c3cc(-c4cc(-c5ccccc5)c5ccc6c(-c7ccc8c(c7)C7(C)CC(C)(C)CC7(C)N8c7ccccc7)cc(-c7ccc8c(c7)C7(C)CC(C)(C)CC7(C)N8c7ccccc7)c7ccc4c5c67)ccc3N(c3ccccc3)C2(C)C1. The van der Waals surface area contributed by atoms with Gasteiger partial charge in [-0.1, -0.05) is 190 Å². The average molecular weight is 1150 g/mol. The molecule has 0 N–H and O–H groups in total. The van der Waals surface area contributed by atoms with Crippen LogP contribution in [0.4, 0.5) is 34.1 Å². The molecule has 3 fully saturated rings. The van der Waals surface area contributed by atoms with Crippen LogP contribution in [0.15, 0.2) is 212 Å². The number of rotatable bonds is 7. The Hall–Kier alpha value is -8.14. The predicted octanol–water partition coefficient (Wildman–Crippen LogP) is 23.2. The Morgan fingerprint density at radius 1 is 0.250 bits per heavy atom. The van der Waals surface area contributed by atoms with Crippen LogP contribution in [-0.4, -0.2) is 16.6 Å². The topological polar surface area (TPSA) is 9.72 Å². The van der Waals surface area contributed by atoms with Crippen molar-refractivity contribution in [2.75, 3.05) is 14.7 Å². The first kappa shape index (κ1) is 54.0. The summed E-state index contributed by atoms with van der Waals surface area (Å²) in [6.07, 6.45) is 6.73. The van der Waals surface area contributed by atoms with Crippen LogP contribution >= 0.6 is 0 Å². The Labute approximate surface area is 522 Å². The molecule has 3 aliphatic heterocycles. The van der Waals surface area contributed by atoms with Crippen LogP contribution in [0.25, 0.3) is 76.8 Å². The average Bonchev–Trinajstić information content (AvgIpc) is 1.45. The first-order chi connectivity index (χ1) is 42.0. The second-order valence-electron chi connectivity index (χ2n) is 32.0. The molecule has 3 nitrogen and oxygen atoms in total. The minimum atomic E-state index is -0.101. The van der Waals surface area contributed by atoms with Gasteiger partial charge in [0, 0.05) is 50.4 Å². The van der Waals surface area contributed by atoms with E-state index in [0.29, 0.717) is 0 Å². The number of nitrogens with zero attached hydrogens (tertiary/aromatic N) is 3. The van der Waals surface area contributed by atoms with Gasteiger partial charge in [0.1, 0.15) is 0 Å². The van der Waals surface area contributed by atoms with E-state index in [0.717, 1.165) is 38.5 Å². The van der Waals surface area contributed by atoms with E-state index in [-0.39, 0.29) is 49.1 Å². The van der Waals surface area contributed by atoms with Crippen LogP contribution in [-0.2, 0) is 16.2 Å². The van der Waals surface area contributed by atoms with Crippen molar-refractivity contribution in [2.24, 2.45) is 16.2 Å². The molecule has 88 heavy (non-hydrogen) atoms. The van der Waals surface area contributed by atoms with E-state index in [2.05, 4.69) is 310 Å². The normalized spacial score (nSPS) is 27.5. The molecule has 438 valence electrons. The van der Waals surface area contributed by atoms with Crippen LogP contribution in [0.3, 0.4) is 0 Å². The zero-order valence-electron chi connectivity index (χ0n) is 53.8. The maximum absolute atomic E-state index is 2.72. The third-order valence-corrected chi connectivity index (χ3v) is 24.5.